The van der Waals surface area contributed by atoms with Gasteiger partial charge in [0.05, 0.1) is 11.4 Å². The molecule has 150 valence electrons. The van der Waals surface area contributed by atoms with Crippen LogP contribution in [0.15, 0.2) is 54.0 Å². The highest BCUT2D eigenvalue weighted by Gasteiger charge is 2.30. The Bertz CT molecular complexity index is 1000. The summed E-state index contributed by atoms with van der Waals surface area (Å²) in [6.07, 6.45) is 2.82. The Kier molecular flexibility index (Phi) is 4.98. The molecule has 5 N–H and O–H groups in total. The fraction of sp³-hybridized carbons (Fsp3) is 0.273. The number of hydrogen-bond donors (Lipinski definition) is 3. The number of nitrogens with zero attached hydrogens (tertiary/aromatic N) is 2. The Labute approximate surface area is 170 Å². The predicted molar refractivity (Wildman–Crippen MR) is 115 cm³/mol. The van der Waals surface area contributed by atoms with Crippen LogP contribution >= 0.6 is 0 Å². The number of primary amides is 1. The molecule has 2 aromatic rings. The third kappa shape index (κ3) is 3.69. The second-order valence-corrected chi connectivity index (χ2v) is 7.32. The molecule has 0 aromatic heterocycles. The number of anilines is 1. The molecule has 2 heterocycles. The van der Waals surface area contributed by atoms with Gasteiger partial charge in [0.15, 0.2) is 0 Å². The van der Waals surface area contributed by atoms with Gasteiger partial charge in [0.2, 0.25) is 12.3 Å². The van der Waals surface area contributed by atoms with Gasteiger partial charge in [-0.15, -0.1) is 0 Å². The highest BCUT2D eigenvalue weighted by atomic mass is 16.5. The quantitative estimate of drug-likeness (QED) is 0.549. The summed E-state index contributed by atoms with van der Waals surface area (Å²) in [4.78, 5) is 18.5. The lowest BCUT2D eigenvalue weighted by molar-refractivity contribution is -0.121. The molecule has 2 aliphatic heterocycles. The van der Waals surface area contributed by atoms with E-state index in [1.165, 1.54) is 0 Å². The van der Waals surface area contributed by atoms with Gasteiger partial charge >= 0.3 is 0 Å². The number of carbonyl (C=O) groups is 1. The number of nitrogens with one attached hydrogen (secondary N) is 1. The van der Waals surface area contributed by atoms with E-state index in [0.717, 1.165) is 53.2 Å². The number of amidine groups is 1. The van der Waals surface area contributed by atoms with E-state index in [2.05, 4.69) is 18.0 Å². The van der Waals surface area contributed by atoms with Crippen LogP contribution in [0.1, 0.15) is 18.4 Å². The first kappa shape index (κ1) is 19.0. The van der Waals surface area contributed by atoms with Gasteiger partial charge in [-0.1, -0.05) is 24.8 Å². The number of aryl methyl sites for hydroxylation is 1. The van der Waals surface area contributed by atoms with Crippen molar-refractivity contribution in [3.8, 4) is 16.9 Å². The van der Waals surface area contributed by atoms with Crippen LogP contribution in [0.25, 0.3) is 11.1 Å². The Hall–Kier alpha value is -3.32. The molecule has 0 aliphatic carbocycles. The molecular weight excluding hydrogens is 366 g/mol. The third-order valence-corrected chi connectivity index (χ3v) is 5.37. The fourth-order valence-corrected chi connectivity index (χ4v) is 3.84. The van der Waals surface area contributed by atoms with Crippen LogP contribution in [-0.2, 0) is 4.79 Å². The van der Waals surface area contributed by atoms with Crippen LogP contribution in [-0.4, -0.2) is 35.6 Å². The number of likely N-dealkylation sites (tertiary alicyclic amines) is 1. The average molecular weight is 391 g/mol. The van der Waals surface area contributed by atoms with Gasteiger partial charge in [-0.2, -0.15) is 0 Å². The highest BCUT2D eigenvalue weighted by molar-refractivity contribution is 5.98. The Morgan fingerprint density at radius 2 is 2.07 bits per heavy atom. The molecule has 4 rings (SSSR count). The number of ether oxygens (including phenoxy) is 1. The largest absolute Gasteiger partial charge is 0.456 e. The van der Waals surface area contributed by atoms with E-state index in [-0.39, 0.29) is 11.9 Å². The number of benzene rings is 2. The van der Waals surface area contributed by atoms with E-state index in [4.69, 9.17) is 21.2 Å². The first-order chi connectivity index (χ1) is 14.0. The van der Waals surface area contributed by atoms with Gasteiger partial charge in [-0.25, -0.2) is 4.99 Å². The lowest BCUT2D eigenvalue weighted by atomic mass is 10.0. The van der Waals surface area contributed by atoms with Gasteiger partial charge in [0.1, 0.15) is 17.6 Å². The average Bonchev–Trinajstić information content (AvgIpc) is 3.32. The molecule has 0 saturated carbocycles. The maximum atomic E-state index is 11.8. The van der Waals surface area contributed by atoms with Crippen molar-refractivity contribution in [3.63, 3.8) is 0 Å². The second kappa shape index (κ2) is 7.60. The molecule has 2 aromatic carbocycles. The maximum absolute atomic E-state index is 11.8. The van der Waals surface area contributed by atoms with Crippen LogP contribution in [0.5, 0.6) is 5.75 Å². The molecule has 2 aliphatic rings. The minimum Gasteiger partial charge on any atom is -0.456 e. The summed E-state index contributed by atoms with van der Waals surface area (Å²) in [5.41, 5.74) is 16.1. The molecule has 0 spiro atoms. The fourth-order valence-electron chi connectivity index (χ4n) is 3.84. The highest BCUT2D eigenvalue weighted by Crippen LogP contribution is 2.36. The summed E-state index contributed by atoms with van der Waals surface area (Å²) in [7, 11) is 0. The molecule has 7 nitrogen and oxygen atoms in total. The molecular formula is C22H25N5O2. The van der Waals surface area contributed by atoms with Crippen molar-refractivity contribution in [2.24, 2.45) is 16.5 Å². The summed E-state index contributed by atoms with van der Waals surface area (Å²) < 4.78 is 5.48. The number of carbonyl (C=O) groups excluding carboxylic acids is 1. The summed E-state index contributed by atoms with van der Waals surface area (Å²) in [5.74, 6) is 1.09. The monoisotopic (exact) mass is 391 g/mol. The SMILES string of the molecule is C=CC(=Nc1cc(-c2ccc3c(c2)NC(N)O3)ccc1C)N1CCCC1C(N)=O. The molecule has 1 amide bonds. The topological polar surface area (TPSA) is 106 Å². The van der Waals surface area contributed by atoms with E-state index in [0.29, 0.717) is 5.84 Å². The molecule has 2 atom stereocenters. The second-order valence-electron chi connectivity index (χ2n) is 7.32. The van der Waals surface area contributed by atoms with Crippen molar-refractivity contribution in [2.75, 3.05) is 11.9 Å². The summed E-state index contributed by atoms with van der Waals surface area (Å²) in [6.45, 7) is 6.65. The first-order valence-corrected chi connectivity index (χ1v) is 9.67. The van der Waals surface area contributed by atoms with Crippen molar-refractivity contribution in [3.05, 3.63) is 54.6 Å². The van der Waals surface area contributed by atoms with Gasteiger partial charge in [-0.3, -0.25) is 10.5 Å². The van der Waals surface area contributed by atoms with Gasteiger partial charge in [0.25, 0.3) is 0 Å². The smallest absolute Gasteiger partial charge is 0.240 e. The van der Waals surface area contributed by atoms with Crippen LogP contribution in [0.4, 0.5) is 11.4 Å². The van der Waals surface area contributed by atoms with Gasteiger partial charge in [-0.05, 0) is 60.7 Å². The Balaban J connectivity index is 1.68. The van der Waals surface area contributed by atoms with Gasteiger partial charge < -0.3 is 20.7 Å². The maximum Gasteiger partial charge on any atom is 0.240 e. The summed E-state index contributed by atoms with van der Waals surface area (Å²) in [5, 5.41) is 3.09. The first-order valence-electron chi connectivity index (χ1n) is 9.67. The van der Waals surface area contributed by atoms with Crippen LogP contribution in [0.3, 0.4) is 0 Å². The molecule has 29 heavy (non-hydrogen) atoms. The molecule has 0 bridgehead atoms. The Morgan fingerprint density at radius 1 is 1.31 bits per heavy atom. The normalized spacial score (nSPS) is 20.8. The van der Waals surface area contributed by atoms with Crippen LogP contribution in [0.2, 0.25) is 0 Å². The number of nitrogens with two attached hydrogens (primary N) is 2. The standard InChI is InChI=1S/C22H25N5O2/c1-3-20(27-10-4-5-18(27)21(23)28)25-16-11-14(7-6-13(16)2)15-8-9-19-17(12-15)26-22(24)29-19/h3,6-9,11-12,18,22,26H,1,4-5,10,24H2,2H3,(H2,23,28). The summed E-state index contributed by atoms with van der Waals surface area (Å²) in [6, 6.07) is 11.7. The van der Waals surface area contributed by atoms with E-state index >= 15 is 0 Å². The Morgan fingerprint density at radius 3 is 2.83 bits per heavy atom. The molecule has 1 saturated heterocycles. The van der Waals surface area contributed by atoms with Crippen molar-refractivity contribution < 1.29 is 9.53 Å². The lowest BCUT2D eigenvalue weighted by Gasteiger charge is -2.24. The number of fused-ring (bicyclic) bond motifs is 1. The van der Waals surface area contributed by atoms with E-state index < -0.39 is 6.35 Å². The zero-order chi connectivity index (χ0) is 20.5. The predicted octanol–water partition coefficient (Wildman–Crippen LogP) is 2.87. The van der Waals surface area contributed by atoms with Crippen molar-refractivity contribution in [1.29, 1.82) is 0 Å². The molecule has 0 radical (unpaired) electrons. The van der Waals surface area contributed by atoms with Crippen LogP contribution < -0.4 is 21.5 Å². The van der Waals surface area contributed by atoms with E-state index in [1.807, 2.05) is 42.2 Å². The lowest BCUT2D eigenvalue weighted by Crippen LogP contribution is -2.43. The van der Waals surface area contributed by atoms with E-state index in [1.54, 1.807) is 6.08 Å². The number of amides is 1. The summed E-state index contributed by atoms with van der Waals surface area (Å²) >= 11 is 0. The van der Waals surface area contributed by atoms with Crippen LogP contribution in [0, 0.1) is 6.92 Å². The van der Waals surface area contributed by atoms with Crippen molar-refractivity contribution in [2.45, 2.75) is 32.2 Å². The third-order valence-electron chi connectivity index (χ3n) is 5.37. The van der Waals surface area contributed by atoms with Gasteiger partial charge in [0, 0.05) is 6.54 Å². The molecule has 7 heteroatoms. The minimum atomic E-state index is -0.521. The number of aliphatic imine (C=N–C) groups is 1. The molecule has 2 unspecified atom stereocenters. The zero-order valence-corrected chi connectivity index (χ0v) is 16.4. The van der Waals surface area contributed by atoms with Crippen molar-refractivity contribution >= 4 is 23.1 Å². The number of rotatable bonds is 4. The molecule has 1 fully saturated rings. The van der Waals surface area contributed by atoms with Crippen molar-refractivity contribution in [1.82, 2.24) is 4.90 Å². The minimum absolute atomic E-state index is 0.325. The van der Waals surface area contributed by atoms with E-state index in [9.17, 15) is 4.79 Å². The number of hydrogen-bond acceptors (Lipinski definition) is 5. The zero-order valence-electron chi connectivity index (χ0n) is 16.4.